The standard InChI is InChI=1S/C19H19ClN2O6S/c1-11-7-15(28-21-11)12-5-6-19(18(8-12)27-4)29(23,24)22-14-9-13(20)16(25-2)10-17(14)26-3/h5-10,22H,1-4H3. The number of nitrogens with one attached hydrogen (secondary N) is 1. The highest BCUT2D eigenvalue weighted by atomic mass is 35.5. The second-order valence-electron chi connectivity index (χ2n) is 5.99. The number of sulfonamides is 1. The van der Waals surface area contributed by atoms with Crippen LogP contribution in [0.1, 0.15) is 5.69 Å². The summed E-state index contributed by atoms with van der Waals surface area (Å²) in [5, 5.41) is 4.06. The Labute approximate surface area is 173 Å². The average molecular weight is 439 g/mol. The van der Waals surface area contributed by atoms with E-state index >= 15 is 0 Å². The first-order valence-electron chi connectivity index (χ1n) is 8.35. The van der Waals surface area contributed by atoms with Gasteiger partial charge in [0.15, 0.2) is 5.76 Å². The van der Waals surface area contributed by atoms with Gasteiger partial charge in [-0.1, -0.05) is 16.8 Å². The summed E-state index contributed by atoms with van der Waals surface area (Å²) in [5.41, 5.74) is 1.50. The summed E-state index contributed by atoms with van der Waals surface area (Å²) in [4.78, 5) is -0.0611. The van der Waals surface area contributed by atoms with Crippen molar-refractivity contribution in [3.63, 3.8) is 0 Å². The molecule has 0 radical (unpaired) electrons. The maximum absolute atomic E-state index is 13.0. The molecule has 0 fully saturated rings. The van der Waals surface area contributed by atoms with E-state index in [1.807, 2.05) is 0 Å². The molecule has 0 bridgehead atoms. The van der Waals surface area contributed by atoms with Gasteiger partial charge in [-0.3, -0.25) is 4.72 Å². The molecule has 0 saturated carbocycles. The quantitative estimate of drug-likeness (QED) is 0.591. The lowest BCUT2D eigenvalue weighted by Gasteiger charge is -2.16. The second-order valence-corrected chi connectivity index (χ2v) is 8.05. The summed E-state index contributed by atoms with van der Waals surface area (Å²) >= 11 is 6.13. The van der Waals surface area contributed by atoms with Gasteiger partial charge in [-0.05, 0) is 31.2 Å². The SMILES string of the molecule is COc1cc(OC)c(NS(=O)(=O)c2ccc(-c3cc(C)no3)cc2OC)cc1Cl. The van der Waals surface area contributed by atoms with Crippen molar-refractivity contribution in [1.82, 2.24) is 5.16 Å². The molecule has 0 atom stereocenters. The van der Waals surface area contributed by atoms with Crippen LogP contribution in [0.15, 0.2) is 45.8 Å². The molecule has 0 amide bonds. The number of ether oxygens (including phenoxy) is 3. The molecule has 8 nitrogen and oxygen atoms in total. The minimum Gasteiger partial charge on any atom is -0.495 e. The molecule has 1 N–H and O–H groups in total. The third-order valence-electron chi connectivity index (χ3n) is 4.08. The lowest BCUT2D eigenvalue weighted by atomic mass is 10.1. The Morgan fingerprint density at radius 2 is 1.66 bits per heavy atom. The van der Waals surface area contributed by atoms with Crippen molar-refractivity contribution in [3.8, 4) is 28.6 Å². The number of nitrogens with zero attached hydrogens (tertiary/aromatic N) is 1. The first-order valence-corrected chi connectivity index (χ1v) is 10.2. The summed E-state index contributed by atoms with van der Waals surface area (Å²) in [6, 6.07) is 9.24. The monoisotopic (exact) mass is 438 g/mol. The molecule has 2 aromatic carbocycles. The van der Waals surface area contributed by atoms with Crippen LogP contribution in [0.4, 0.5) is 5.69 Å². The van der Waals surface area contributed by atoms with Crippen molar-refractivity contribution in [2.24, 2.45) is 0 Å². The topological polar surface area (TPSA) is 99.9 Å². The Kier molecular flexibility index (Phi) is 5.90. The van der Waals surface area contributed by atoms with Crippen molar-refractivity contribution >= 4 is 27.3 Å². The van der Waals surface area contributed by atoms with E-state index < -0.39 is 10.0 Å². The van der Waals surface area contributed by atoms with E-state index in [2.05, 4.69) is 9.88 Å². The highest BCUT2D eigenvalue weighted by Crippen LogP contribution is 2.38. The third kappa shape index (κ3) is 4.25. The molecule has 29 heavy (non-hydrogen) atoms. The van der Waals surface area contributed by atoms with Gasteiger partial charge in [0.2, 0.25) is 0 Å². The van der Waals surface area contributed by atoms with E-state index in [1.54, 1.807) is 25.1 Å². The zero-order valence-corrected chi connectivity index (χ0v) is 17.7. The summed E-state index contributed by atoms with van der Waals surface area (Å²) < 4.78 is 49.4. The summed E-state index contributed by atoms with van der Waals surface area (Å²) in [6.07, 6.45) is 0. The Hall–Kier alpha value is -2.91. The van der Waals surface area contributed by atoms with Crippen LogP contribution in [0.2, 0.25) is 5.02 Å². The Bertz CT molecular complexity index is 1140. The molecule has 0 saturated heterocycles. The fourth-order valence-electron chi connectivity index (χ4n) is 2.68. The van der Waals surface area contributed by atoms with Crippen molar-refractivity contribution in [3.05, 3.63) is 47.1 Å². The van der Waals surface area contributed by atoms with Crippen LogP contribution in [0.5, 0.6) is 17.2 Å². The Morgan fingerprint density at radius 3 is 2.24 bits per heavy atom. The number of methoxy groups -OCH3 is 3. The summed E-state index contributed by atoms with van der Waals surface area (Å²) in [6.45, 7) is 1.79. The molecule has 0 unspecified atom stereocenters. The van der Waals surface area contributed by atoms with E-state index in [-0.39, 0.29) is 27.1 Å². The molecular formula is C19H19ClN2O6S. The molecule has 0 spiro atoms. The highest BCUT2D eigenvalue weighted by Gasteiger charge is 2.23. The summed E-state index contributed by atoms with van der Waals surface area (Å²) in [7, 11) is 0.227. The fourth-order valence-corrected chi connectivity index (χ4v) is 4.14. The average Bonchev–Trinajstić information content (AvgIpc) is 3.13. The van der Waals surface area contributed by atoms with Gasteiger partial charge in [0.1, 0.15) is 22.1 Å². The van der Waals surface area contributed by atoms with Crippen LogP contribution in [0.3, 0.4) is 0 Å². The molecule has 10 heteroatoms. The van der Waals surface area contributed by atoms with E-state index in [4.69, 9.17) is 30.3 Å². The predicted molar refractivity (Wildman–Crippen MR) is 109 cm³/mol. The maximum Gasteiger partial charge on any atom is 0.265 e. The van der Waals surface area contributed by atoms with Gasteiger partial charge in [-0.2, -0.15) is 0 Å². The molecular weight excluding hydrogens is 420 g/mol. The fraction of sp³-hybridized carbons (Fsp3) is 0.211. The van der Waals surface area contributed by atoms with Gasteiger partial charge >= 0.3 is 0 Å². The Balaban J connectivity index is 2.00. The number of hydrogen-bond acceptors (Lipinski definition) is 7. The predicted octanol–water partition coefficient (Wildman–Crippen LogP) is 4.13. The first kappa shape index (κ1) is 20.8. The van der Waals surface area contributed by atoms with Crippen molar-refractivity contribution in [2.75, 3.05) is 26.1 Å². The minimum absolute atomic E-state index is 0.0611. The highest BCUT2D eigenvalue weighted by molar-refractivity contribution is 7.92. The smallest absolute Gasteiger partial charge is 0.265 e. The van der Waals surface area contributed by atoms with Crippen molar-refractivity contribution in [1.29, 1.82) is 0 Å². The van der Waals surface area contributed by atoms with Gasteiger partial charge in [-0.25, -0.2) is 8.42 Å². The molecule has 0 aliphatic heterocycles. The number of aromatic nitrogens is 1. The zero-order valence-electron chi connectivity index (χ0n) is 16.1. The number of hydrogen-bond donors (Lipinski definition) is 1. The van der Waals surface area contributed by atoms with Crippen LogP contribution in [-0.2, 0) is 10.0 Å². The van der Waals surface area contributed by atoms with Crippen molar-refractivity contribution < 1.29 is 27.2 Å². The van der Waals surface area contributed by atoms with E-state index in [1.165, 1.54) is 39.5 Å². The van der Waals surface area contributed by atoms with Crippen LogP contribution >= 0.6 is 11.6 Å². The van der Waals surface area contributed by atoms with Crippen molar-refractivity contribution in [2.45, 2.75) is 11.8 Å². The molecule has 1 heterocycles. The number of rotatable bonds is 7. The van der Waals surface area contributed by atoms with Gasteiger partial charge < -0.3 is 18.7 Å². The normalized spacial score (nSPS) is 11.2. The number of benzene rings is 2. The van der Waals surface area contributed by atoms with Crippen LogP contribution in [0.25, 0.3) is 11.3 Å². The lowest BCUT2D eigenvalue weighted by Crippen LogP contribution is -2.15. The van der Waals surface area contributed by atoms with Gasteiger partial charge in [0, 0.05) is 17.7 Å². The second kappa shape index (κ2) is 8.22. The lowest BCUT2D eigenvalue weighted by molar-refractivity contribution is 0.395. The molecule has 3 rings (SSSR count). The molecule has 0 aliphatic carbocycles. The van der Waals surface area contributed by atoms with E-state index in [0.717, 1.165) is 0 Å². The molecule has 3 aromatic rings. The van der Waals surface area contributed by atoms with Gasteiger partial charge in [0.25, 0.3) is 10.0 Å². The van der Waals surface area contributed by atoms with E-state index in [0.29, 0.717) is 22.8 Å². The summed E-state index contributed by atoms with van der Waals surface area (Å²) in [5.74, 6) is 1.25. The number of anilines is 1. The largest absolute Gasteiger partial charge is 0.495 e. The zero-order chi connectivity index (χ0) is 21.2. The Morgan fingerprint density at radius 1 is 0.966 bits per heavy atom. The maximum atomic E-state index is 13.0. The van der Waals surface area contributed by atoms with Gasteiger partial charge in [-0.15, -0.1) is 0 Å². The first-order chi connectivity index (χ1) is 13.8. The molecule has 1 aromatic heterocycles. The third-order valence-corrected chi connectivity index (χ3v) is 5.78. The number of aryl methyl sites for hydroxylation is 1. The molecule has 154 valence electrons. The van der Waals surface area contributed by atoms with E-state index in [9.17, 15) is 8.42 Å². The molecule has 0 aliphatic rings. The van der Waals surface area contributed by atoms with Crippen LogP contribution in [-0.4, -0.2) is 34.9 Å². The van der Waals surface area contributed by atoms with Crippen LogP contribution < -0.4 is 18.9 Å². The van der Waals surface area contributed by atoms with Gasteiger partial charge in [0.05, 0.1) is 37.7 Å². The number of halogens is 1. The minimum atomic E-state index is -4.02. The van der Waals surface area contributed by atoms with Crippen LogP contribution in [0, 0.1) is 6.92 Å².